The predicted octanol–water partition coefficient (Wildman–Crippen LogP) is 4.84. The molecule has 0 unspecified atom stereocenters. The van der Waals surface area contributed by atoms with Gasteiger partial charge in [0.05, 0.1) is 5.39 Å². The van der Waals surface area contributed by atoms with Crippen molar-refractivity contribution in [3.63, 3.8) is 0 Å². The van der Waals surface area contributed by atoms with Crippen molar-refractivity contribution in [3.05, 3.63) is 75.4 Å². The Bertz CT molecular complexity index is 1020. The van der Waals surface area contributed by atoms with Gasteiger partial charge in [0.15, 0.2) is 12.4 Å². The number of halogens is 1. The van der Waals surface area contributed by atoms with E-state index in [-0.39, 0.29) is 12.4 Å². The molecule has 5 heteroatoms. The van der Waals surface area contributed by atoms with E-state index in [2.05, 4.69) is 6.92 Å². The maximum atomic E-state index is 13.0. The molecular weight excluding hydrogens is 347 g/mol. The number of ether oxygens (including phenoxy) is 1. The summed E-state index contributed by atoms with van der Waals surface area (Å²) in [5.41, 5.74) is 2.16. The van der Waals surface area contributed by atoms with E-state index in [1.807, 2.05) is 13.0 Å². The van der Waals surface area contributed by atoms with Gasteiger partial charge in [-0.15, -0.1) is 0 Å². The second kappa shape index (κ2) is 8.16. The third kappa shape index (κ3) is 4.42. The number of benzene rings is 2. The van der Waals surface area contributed by atoms with Gasteiger partial charge in [0.25, 0.3) is 0 Å². The number of unbranched alkanes of at least 4 members (excludes halogenated alkanes) is 1. The lowest BCUT2D eigenvalue weighted by atomic mass is 10.0. The highest BCUT2D eigenvalue weighted by Crippen LogP contribution is 2.31. The van der Waals surface area contributed by atoms with Crippen LogP contribution in [-0.2, 0) is 6.42 Å². The molecule has 0 saturated carbocycles. The lowest BCUT2D eigenvalue weighted by molar-refractivity contribution is 0.0922. The quantitative estimate of drug-likeness (QED) is 0.442. The van der Waals surface area contributed by atoms with Crippen LogP contribution >= 0.6 is 0 Å². The smallest absolute Gasteiger partial charge is 0.336 e. The van der Waals surface area contributed by atoms with Crippen molar-refractivity contribution in [2.75, 3.05) is 6.61 Å². The van der Waals surface area contributed by atoms with Crippen LogP contribution in [-0.4, -0.2) is 12.4 Å². The summed E-state index contributed by atoms with van der Waals surface area (Å²) in [6.07, 6.45) is 2.65. The highest BCUT2D eigenvalue weighted by Gasteiger charge is 2.14. The fourth-order valence-electron chi connectivity index (χ4n) is 3.01. The Labute approximate surface area is 156 Å². The SMILES string of the molecule is CCCCc1cc(=O)oc2cc(C)cc(OCC(=O)c3ccc(F)cc3)c12. The Morgan fingerprint density at radius 1 is 1.15 bits per heavy atom. The summed E-state index contributed by atoms with van der Waals surface area (Å²) >= 11 is 0. The van der Waals surface area contributed by atoms with Crippen molar-refractivity contribution < 1.29 is 18.3 Å². The standard InChI is InChI=1S/C22H21FO4/c1-3-4-5-16-12-21(25)27-20-11-14(2)10-19(22(16)20)26-13-18(24)15-6-8-17(23)9-7-15/h6-12H,3-5,13H2,1-2H3. The maximum Gasteiger partial charge on any atom is 0.336 e. The van der Waals surface area contributed by atoms with Crippen molar-refractivity contribution in [2.24, 2.45) is 0 Å². The van der Waals surface area contributed by atoms with Gasteiger partial charge in [-0.3, -0.25) is 4.79 Å². The van der Waals surface area contributed by atoms with Crippen molar-refractivity contribution >= 4 is 16.8 Å². The van der Waals surface area contributed by atoms with Crippen LogP contribution in [0.25, 0.3) is 11.0 Å². The fraction of sp³-hybridized carbons (Fsp3) is 0.273. The molecule has 27 heavy (non-hydrogen) atoms. The Morgan fingerprint density at radius 3 is 2.59 bits per heavy atom. The summed E-state index contributed by atoms with van der Waals surface area (Å²) in [4.78, 5) is 24.2. The van der Waals surface area contributed by atoms with E-state index >= 15 is 0 Å². The highest BCUT2D eigenvalue weighted by molar-refractivity contribution is 5.97. The van der Waals surface area contributed by atoms with Gasteiger partial charge >= 0.3 is 5.63 Å². The summed E-state index contributed by atoms with van der Waals surface area (Å²) in [6, 6.07) is 10.5. The average Bonchev–Trinajstić information content (AvgIpc) is 2.63. The first-order valence-electron chi connectivity index (χ1n) is 8.97. The molecule has 0 aliphatic rings. The molecule has 0 atom stereocenters. The number of hydrogen-bond acceptors (Lipinski definition) is 4. The Morgan fingerprint density at radius 2 is 1.89 bits per heavy atom. The zero-order valence-electron chi connectivity index (χ0n) is 15.4. The molecule has 0 aliphatic carbocycles. The minimum Gasteiger partial charge on any atom is -0.485 e. The number of carbonyl (C=O) groups excluding carboxylic acids is 1. The van der Waals surface area contributed by atoms with Crippen LogP contribution in [0.3, 0.4) is 0 Å². The summed E-state index contributed by atoms with van der Waals surface area (Å²) < 4.78 is 24.2. The number of ketones is 1. The third-order valence-electron chi connectivity index (χ3n) is 4.36. The van der Waals surface area contributed by atoms with Gasteiger partial charge in [0.2, 0.25) is 0 Å². The normalized spacial score (nSPS) is 10.9. The molecule has 0 amide bonds. The molecule has 0 N–H and O–H groups in total. The Kier molecular flexibility index (Phi) is 5.69. The van der Waals surface area contributed by atoms with E-state index in [0.29, 0.717) is 16.9 Å². The maximum absolute atomic E-state index is 13.0. The molecule has 0 saturated heterocycles. The van der Waals surface area contributed by atoms with Gasteiger partial charge < -0.3 is 9.15 Å². The molecule has 1 heterocycles. The lowest BCUT2D eigenvalue weighted by Gasteiger charge is -2.13. The molecular formula is C22H21FO4. The van der Waals surface area contributed by atoms with Crippen LogP contribution in [0, 0.1) is 12.7 Å². The Balaban J connectivity index is 1.94. The number of Topliss-reactive ketones (excluding diaryl/α,β-unsaturated/α-hetero) is 1. The minimum atomic E-state index is -0.396. The third-order valence-corrected chi connectivity index (χ3v) is 4.36. The molecule has 1 aromatic heterocycles. The van der Waals surface area contributed by atoms with Crippen LogP contribution in [0.5, 0.6) is 5.75 Å². The van der Waals surface area contributed by atoms with Crippen LogP contribution in [0.15, 0.2) is 51.7 Å². The van der Waals surface area contributed by atoms with E-state index in [4.69, 9.17) is 9.15 Å². The van der Waals surface area contributed by atoms with Gasteiger partial charge in [-0.2, -0.15) is 0 Å². The Hall–Kier alpha value is -2.95. The lowest BCUT2D eigenvalue weighted by Crippen LogP contribution is -2.12. The second-order valence-corrected chi connectivity index (χ2v) is 6.55. The van der Waals surface area contributed by atoms with Crippen molar-refractivity contribution in [3.8, 4) is 5.75 Å². The fourth-order valence-corrected chi connectivity index (χ4v) is 3.01. The van der Waals surface area contributed by atoms with Crippen LogP contribution < -0.4 is 10.4 Å². The van der Waals surface area contributed by atoms with E-state index in [1.165, 1.54) is 30.3 Å². The van der Waals surface area contributed by atoms with Crippen molar-refractivity contribution in [1.29, 1.82) is 0 Å². The average molecular weight is 368 g/mol. The van der Waals surface area contributed by atoms with E-state index in [0.717, 1.165) is 35.8 Å². The largest absolute Gasteiger partial charge is 0.485 e. The van der Waals surface area contributed by atoms with Crippen LogP contribution in [0.4, 0.5) is 4.39 Å². The highest BCUT2D eigenvalue weighted by atomic mass is 19.1. The summed E-state index contributed by atoms with van der Waals surface area (Å²) in [5, 5.41) is 0.723. The van der Waals surface area contributed by atoms with E-state index < -0.39 is 11.4 Å². The second-order valence-electron chi connectivity index (χ2n) is 6.55. The van der Waals surface area contributed by atoms with E-state index in [1.54, 1.807) is 6.07 Å². The molecule has 0 fully saturated rings. The molecule has 4 nitrogen and oxygen atoms in total. The summed E-state index contributed by atoms with van der Waals surface area (Å²) in [7, 11) is 0. The molecule has 3 aromatic rings. The minimum absolute atomic E-state index is 0.184. The van der Waals surface area contributed by atoms with Gasteiger partial charge in [-0.05, 0) is 67.3 Å². The van der Waals surface area contributed by atoms with E-state index in [9.17, 15) is 14.0 Å². The number of aryl methyl sites for hydroxylation is 2. The number of carbonyl (C=O) groups is 1. The molecule has 3 rings (SSSR count). The van der Waals surface area contributed by atoms with Crippen molar-refractivity contribution in [2.45, 2.75) is 33.1 Å². The molecule has 0 bridgehead atoms. The first kappa shape index (κ1) is 18.8. The van der Waals surface area contributed by atoms with Crippen LogP contribution in [0.2, 0.25) is 0 Å². The molecule has 2 aromatic carbocycles. The topological polar surface area (TPSA) is 56.5 Å². The number of hydrogen-bond donors (Lipinski definition) is 0. The first-order valence-corrected chi connectivity index (χ1v) is 8.97. The predicted molar refractivity (Wildman–Crippen MR) is 102 cm³/mol. The molecule has 0 radical (unpaired) electrons. The van der Waals surface area contributed by atoms with Crippen molar-refractivity contribution in [1.82, 2.24) is 0 Å². The molecule has 140 valence electrons. The van der Waals surface area contributed by atoms with Gasteiger partial charge in [0.1, 0.15) is 17.1 Å². The number of rotatable bonds is 7. The first-order chi connectivity index (χ1) is 13.0. The zero-order valence-corrected chi connectivity index (χ0v) is 15.4. The van der Waals surface area contributed by atoms with Gasteiger partial charge in [-0.25, -0.2) is 9.18 Å². The van der Waals surface area contributed by atoms with Gasteiger partial charge in [0, 0.05) is 11.6 Å². The summed E-state index contributed by atoms with van der Waals surface area (Å²) in [5.74, 6) is -0.139. The molecule has 0 spiro atoms. The van der Waals surface area contributed by atoms with Gasteiger partial charge in [-0.1, -0.05) is 13.3 Å². The molecule has 0 aliphatic heterocycles. The summed E-state index contributed by atoms with van der Waals surface area (Å²) in [6.45, 7) is 3.76. The monoisotopic (exact) mass is 368 g/mol. The number of fused-ring (bicyclic) bond motifs is 1. The van der Waals surface area contributed by atoms with Crippen LogP contribution in [0.1, 0.15) is 41.3 Å². The zero-order chi connectivity index (χ0) is 19.4.